The summed E-state index contributed by atoms with van der Waals surface area (Å²) in [5.41, 5.74) is -1.03. The van der Waals surface area contributed by atoms with Crippen LogP contribution in [-0.4, -0.2) is 46.7 Å². The van der Waals surface area contributed by atoms with Crippen molar-refractivity contribution in [3.63, 3.8) is 0 Å². The van der Waals surface area contributed by atoms with Gasteiger partial charge in [-0.15, -0.1) is 0 Å². The molecule has 1 aromatic rings. The number of nitrogens with zero attached hydrogens (tertiary/aromatic N) is 4. The topological polar surface area (TPSA) is 69.6 Å². The van der Waals surface area contributed by atoms with E-state index in [2.05, 4.69) is 9.97 Å². The number of anilines is 2. The van der Waals surface area contributed by atoms with Gasteiger partial charge in [0.2, 0.25) is 5.95 Å². The van der Waals surface area contributed by atoms with Gasteiger partial charge in [0, 0.05) is 49.0 Å². The van der Waals surface area contributed by atoms with E-state index < -0.39 is 17.8 Å². The molecule has 2 saturated heterocycles. The van der Waals surface area contributed by atoms with Gasteiger partial charge in [-0.1, -0.05) is 0 Å². The highest BCUT2D eigenvalue weighted by molar-refractivity contribution is 5.69. The molecule has 6 nitrogen and oxygen atoms in total. The molecule has 2 unspecified atom stereocenters. The van der Waals surface area contributed by atoms with Crippen LogP contribution in [0.4, 0.5) is 24.9 Å². The number of carbonyl (C=O) groups is 1. The lowest BCUT2D eigenvalue weighted by molar-refractivity contribution is -0.141. The van der Waals surface area contributed by atoms with Crippen molar-refractivity contribution < 1.29 is 23.1 Å². The van der Waals surface area contributed by atoms with E-state index in [0.717, 1.165) is 38.2 Å². The Kier molecular flexibility index (Phi) is 3.82. The molecule has 0 bridgehead atoms. The van der Waals surface area contributed by atoms with Gasteiger partial charge < -0.3 is 14.9 Å². The molecule has 1 N–H and O–H groups in total. The van der Waals surface area contributed by atoms with Gasteiger partial charge in [-0.2, -0.15) is 18.2 Å². The third kappa shape index (κ3) is 2.67. The van der Waals surface area contributed by atoms with Gasteiger partial charge in [0.05, 0.1) is 0 Å². The van der Waals surface area contributed by atoms with Crippen LogP contribution in [0.3, 0.4) is 0 Å². The number of hydrogen-bond donors (Lipinski definition) is 1. The third-order valence-corrected chi connectivity index (χ3v) is 8.81. The summed E-state index contributed by atoms with van der Waals surface area (Å²) >= 11 is 0. The number of alkyl halides is 3. The Morgan fingerprint density at radius 1 is 1.13 bits per heavy atom. The number of aromatic nitrogens is 2. The number of rotatable bonds is 6. The van der Waals surface area contributed by atoms with E-state index in [1.807, 2.05) is 16.7 Å². The Morgan fingerprint density at radius 2 is 1.74 bits per heavy atom. The molecular formula is C22H27F3N4O2. The standard InChI is InChI=1S/C22H27F3N4O2/c1-12-6-7-29(12)19-26-16(22(23,24)25)9-17(27-19)28-10-20(13-2-3-13)15(8-18(30)31)21(20,11-28)14-4-5-14/h9,12-15H,2-8,10-11H2,1H3,(H,30,31)/t12-,15?,20?,21?/m0/s1. The molecule has 31 heavy (non-hydrogen) atoms. The number of piperidine rings is 1. The fourth-order valence-electron chi connectivity index (χ4n) is 7.10. The quantitative estimate of drug-likeness (QED) is 0.731. The zero-order valence-electron chi connectivity index (χ0n) is 17.5. The molecule has 168 valence electrons. The van der Waals surface area contributed by atoms with Gasteiger partial charge >= 0.3 is 12.1 Å². The minimum absolute atomic E-state index is 0.0693. The van der Waals surface area contributed by atoms with Crippen LogP contribution in [0.5, 0.6) is 0 Å². The van der Waals surface area contributed by atoms with Crippen molar-refractivity contribution in [3.8, 4) is 0 Å². The Balaban J connectivity index is 1.37. The van der Waals surface area contributed by atoms with E-state index in [9.17, 15) is 23.1 Å². The molecule has 0 spiro atoms. The van der Waals surface area contributed by atoms with E-state index in [0.29, 0.717) is 37.3 Å². The Bertz CT molecular complexity index is 919. The van der Waals surface area contributed by atoms with E-state index in [-0.39, 0.29) is 35.2 Å². The van der Waals surface area contributed by atoms with Crippen molar-refractivity contribution in [1.29, 1.82) is 0 Å². The van der Waals surface area contributed by atoms with E-state index >= 15 is 0 Å². The van der Waals surface area contributed by atoms with Crippen LogP contribution in [0.1, 0.15) is 51.1 Å². The van der Waals surface area contributed by atoms with Crippen LogP contribution in [0.25, 0.3) is 0 Å². The molecule has 5 fully saturated rings. The fourth-order valence-corrected chi connectivity index (χ4v) is 7.10. The summed E-state index contributed by atoms with van der Waals surface area (Å²) in [6.07, 6.45) is 0.982. The van der Waals surface area contributed by atoms with Crippen molar-refractivity contribution in [2.75, 3.05) is 29.4 Å². The zero-order chi connectivity index (χ0) is 21.8. The van der Waals surface area contributed by atoms with Crippen LogP contribution in [-0.2, 0) is 11.0 Å². The average molecular weight is 436 g/mol. The van der Waals surface area contributed by atoms with E-state index in [4.69, 9.17) is 0 Å². The van der Waals surface area contributed by atoms with Gasteiger partial charge in [0.25, 0.3) is 0 Å². The molecule has 3 atom stereocenters. The second-order valence-electron chi connectivity index (χ2n) is 10.4. The van der Waals surface area contributed by atoms with Crippen molar-refractivity contribution >= 4 is 17.7 Å². The number of hydrogen-bond acceptors (Lipinski definition) is 5. The van der Waals surface area contributed by atoms with Crippen LogP contribution >= 0.6 is 0 Å². The summed E-state index contributed by atoms with van der Waals surface area (Å²) in [6, 6.07) is 1.23. The minimum atomic E-state index is -4.53. The number of aliphatic carboxylic acids is 1. The molecule has 1 aromatic heterocycles. The Labute approximate surface area is 178 Å². The molecular weight excluding hydrogens is 409 g/mol. The molecule has 6 rings (SSSR count). The normalized spacial score (nSPS) is 36.9. The minimum Gasteiger partial charge on any atom is -0.481 e. The maximum absolute atomic E-state index is 13.6. The second kappa shape index (κ2) is 6.04. The van der Waals surface area contributed by atoms with Gasteiger partial charge in [-0.05, 0) is 56.8 Å². The van der Waals surface area contributed by atoms with Crippen molar-refractivity contribution in [1.82, 2.24) is 9.97 Å². The molecule has 2 aliphatic heterocycles. The third-order valence-electron chi connectivity index (χ3n) is 8.81. The van der Waals surface area contributed by atoms with Gasteiger partial charge in [-0.3, -0.25) is 4.79 Å². The lowest BCUT2D eigenvalue weighted by Crippen LogP contribution is -2.47. The first-order chi connectivity index (χ1) is 14.7. The highest BCUT2D eigenvalue weighted by Gasteiger charge is 2.86. The van der Waals surface area contributed by atoms with E-state index in [1.165, 1.54) is 0 Å². The van der Waals surface area contributed by atoms with Crippen molar-refractivity contribution in [2.45, 2.75) is 57.7 Å². The first-order valence-corrected chi connectivity index (χ1v) is 11.4. The molecule has 9 heteroatoms. The first-order valence-electron chi connectivity index (χ1n) is 11.4. The monoisotopic (exact) mass is 436 g/mol. The maximum atomic E-state index is 13.6. The Morgan fingerprint density at radius 3 is 2.16 bits per heavy atom. The second-order valence-corrected chi connectivity index (χ2v) is 10.4. The molecule has 3 heterocycles. The Hall–Kier alpha value is -2.06. The summed E-state index contributed by atoms with van der Waals surface area (Å²) in [7, 11) is 0. The molecule has 0 amide bonds. The zero-order valence-corrected chi connectivity index (χ0v) is 17.5. The smallest absolute Gasteiger partial charge is 0.433 e. The van der Waals surface area contributed by atoms with Gasteiger partial charge in [0.15, 0.2) is 5.69 Å². The summed E-state index contributed by atoms with van der Waals surface area (Å²) in [5, 5.41) is 9.51. The van der Waals surface area contributed by atoms with Crippen molar-refractivity contribution in [3.05, 3.63) is 11.8 Å². The molecule has 5 aliphatic rings. The summed E-state index contributed by atoms with van der Waals surface area (Å²) in [4.78, 5) is 23.9. The van der Waals surface area contributed by atoms with E-state index in [1.54, 1.807) is 0 Å². The van der Waals surface area contributed by atoms with Gasteiger partial charge in [0.1, 0.15) is 5.82 Å². The predicted molar refractivity (Wildman–Crippen MR) is 107 cm³/mol. The highest BCUT2D eigenvalue weighted by atomic mass is 19.4. The fraction of sp³-hybridized carbons (Fsp3) is 0.773. The summed E-state index contributed by atoms with van der Waals surface area (Å²) < 4.78 is 40.9. The van der Waals surface area contributed by atoms with Crippen LogP contribution in [0.15, 0.2) is 6.07 Å². The lowest BCUT2D eigenvalue weighted by Gasteiger charge is -2.39. The van der Waals surface area contributed by atoms with Crippen LogP contribution in [0, 0.1) is 28.6 Å². The maximum Gasteiger partial charge on any atom is 0.433 e. The van der Waals surface area contributed by atoms with Crippen LogP contribution < -0.4 is 9.80 Å². The highest BCUT2D eigenvalue weighted by Crippen LogP contribution is 2.86. The number of carboxylic acid groups (broad SMARTS) is 1. The molecule has 0 radical (unpaired) electrons. The first kappa shape index (κ1) is 19.6. The van der Waals surface area contributed by atoms with Crippen LogP contribution in [0.2, 0.25) is 0 Å². The molecule has 0 aromatic carbocycles. The predicted octanol–water partition coefficient (Wildman–Crippen LogP) is 3.81. The summed E-state index contributed by atoms with van der Waals surface area (Å²) in [6.45, 7) is 3.88. The number of halogens is 3. The average Bonchev–Trinajstić information content (AvgIpc) is 3.58. The van der Waals surface area contributed by atoms with Gasteiger partial charge in [-0.25, -0.2) is 4.98 Å². The van der Waals surface area contributed by atoms with Crippen molar-refractivity contribution in [2.24, 2.45) is 28.6 Å². The number of fused-ring (bicyclic) bond motifs is 1. The number of carboxylic acids is 1. The molecule has 3 saturated carbocycles. The largest absolute Gasteiger partial charge is 0.481 e. The summed E-state index contributed by atoms with van der Waals surface area (Å²) in [5.74, 6) is 0.890. The lowest BCUT2D eigenvalue weighted by atomic mass is 9.88. The molecule has 3 aliphatic carbocycles. The SMILES string of the molecule is C[C@H]1CCN1c1nc(N2CC3(C4CC4)C(CC(=O)O)C3(C3CC3)C2)cc(C(F)(F)F)n1.